The number of aryl methyl sites for hydroxylation is 1. The van der Waals surface area contributed by atoms with Gasteiger partial charge in [-0.05, 0) is 35.9 Å². The fourth-order valence-electron chi connectivity index (χ4n) is 4.10. The Bertz CT molecular complexity index is 1380. The number of hydrogen-bond donors (Lipinski definition) is 1. The van der Waals surface area contributed by atoms with E-state index in [-0.39, 0.29) is 5.91 Å². The van der Waals surface area contributed by atoms with Crippen molar-refractivity contribution in [3.8, 4) is 11.1 Å². The van der Waals surface area contributed by atoms with Gasteiger partial charge in [0.15, 0.2) is 5.82 Å². The van der Waals surface area contributed by atoms with Crippen LogP contribution in [0.4, 0.5) is 11.6 Å². The van der Waals surface area contributed by atoms with Gasteiger partial charge in [0, 0.05) is 62.1 Å². The van der Waals surface area contributed by atoms with Crippen molar-refractivity contribution in [3.63, 3.8) is 0 Å². The van der Waals surface area contributed by atoms with Crippen molar-refractivity contribution in [3.05, 3.63) is 60.6 Å². The predicted octanol–water partition coefficient (Wildman–Crippen LogP) is 0.916. The van der Waals surface area contributed by atoms with E-state index in [9.17, 15) is 4.79 Å². The summed E-state index contributed by atoms with van der Waals surface area (Å²) < 4.78 is 1.75. The lowest BCUT2D eigenvalue weighted by atomic mass is 9.48. The molecule has 0 saturated carbocycles. The standard InChI is InChI=1S/C23H21B3N8O/c1-32-14-18(13-28-32)15-2-3-19-17(10-15)11-20(31-30-19)29-22(35)16-4-5-27-21(12-16)33-6-8-34(9-7-33)23(24,25)26/h2-5,10-14H,6-9H2,1H3,(H,29,31,35). The first-order valence-electron chi connectivity index (χ1n) is 11.2. The van der Waals surface area contributed by atoms with Crippen LogP contribution in [0, 0.1) is 0 Å². The Morgan fingerprint density at radius 2 is 1.80 bits per heavy atom. The molecule has 1 amide bonds. The van der Waals surface area contributed by atoms with Gasteiger partial charge in [-0.15, -0.1) is 10.2 Å². The minimum absolute atomic E-state index is 0.297. The summed E-state index contributed by atoms with van der Waals surface area (Å²) in [5.41, 5.74) is 3.20. The number of rotatable bonds is 5. The van der Waals surface area contributed by atoms with Crippen molar-refractivity contribution in [2.45, 2.75) is 5.24 Å². The van der Waals surface area contributed by atoms with Gasteiger partial charge in [-0.1, -0.05) is 11.3 Å². The van der Waals surface area contributed by atoms with E-state index in [1.165, 1.54) is 0 Å². The highest BCUT2D eigenvalue weighted by Gasteiger charge is 2.25. The minimum atomic E-state index is -1.35. The van der Waals surface area contributed by atoms with E-state index in [0.717, 1.165) is 22.0 Å². The number of benzene rings is 1. The zero-order valence-corrected chi connectivity index (χ0v) is 19.3. The second kappa shape index (κ2) is 9.18. The minimum Gasteiger partial charge on any atom is -0.354 e. The molecule has 0 aliphatic carbocycles. The lowest BCUT2D eigenvalue weighted by Gasteiger charge is -2.43. The number of nitrogens with one attached hydrogen (secondary N) is 1. The lowest BCUT2D eigenvalue weighted by molar-refractivity contribution is 0.102. The van der Waals surface area contributed by atoms with E-state index >= 15 is 0 Å². The molecule has 1 N–H and O–H groups in total. The van der Waals surface area contributed by atoms with E-state index in [1.807, 2.05) is 31.4 Å². The van der Waals surface area contributed by atoms with Crippen LogP contribution in [0.5, 0.6) is 0 Å². The van der Waals surface area contributed by atoms with Crippen LogP contribution < -0.4 is 10.2 Å². The highest BCUT2D eigenvalue weighted by molar-refractivity contribution is 6.59. The number of amides is 1. The van der Waals surface area contributed by atoms with E-state index < -0.39 is 5.24 Å². The normalized spacial score (nSPS) is 14.8. The van der Waals surface area contributed by atoms with Gasteiger partial charge in [-0.25, -0.2) is 4.98 Å². The molecule has 1 aromatic carbocycles. The topological polar surface area (TPSA) is 92.1 Å². The molecule has 12 heteroatoms. The van der Waals surface area contributed by atoms with Crippen LogP contribution in [0.3, 0.4) is 0 Å². The highest BCUT2D eigenvalue weighted by Crippen LogP contribution is 2.24. The Morgan fingerprint density at radius 1 is 1.00 bits per heavy atom. The van der Waals surface area contributed by atoms with Crippen LogP contribution in [0.15, 0.2) is 55.0 Å². The summed E-state index contributed by atoms with van der Waals surface area (Å²) in [5, 5.41) is 15.0. The third kappa shape index (κ3) is 5.07. The number of fused-ring (bicyclic) bond motifs is 1. The summed E-state index contributed by atoms with van der Waals surface area (Å²) >= 11 is 0. The molecule has 0 spiro atoms. The molecular formula is C23H21B3N8O. The summed E-state index contributed by atoms with van der Waals surface area (Å²) in [6.45, 7) is 2.46. The number of carbonyl (C=O) groups is 1. The molecule has 4 heterocycles. The van der Waals surface area contributed by atoms with Crippen LogP contribution in [0.2, 0.25) is 0 Å². The van der Waals surface area contributed by atoms with Gasteiger partial charge in [-0.3, -0.25) is 9.48 Å². The molecule has 168 valence electrons. The summed E-state index contributed by atoms with van der Waals surface area (Å²) in [4.78, 5) is 21.3. The van der Waals surface area contributed by atoms with Crippen molar-refractivity contribution in [1.82, 2.24) is 29.9 Å². The van der Waals surface area contributed by atoms with Gasteiger partial charge in [0.1, 0.15) is 5.82 Å². The SMILES string of the molecule is [B]C([B])([B])N1CCN(c2cc(C(=O)Nc3cc4cc(-c5cnn(C)c5)ccc4nn3)ccn2)CC1. The molecule has 1 saturated heterocycles. The van der Waals surface area contributed by atoms with Gasteiger partial charge in [0.25, 0.3) is 5.91 Å². The molecule has 3 aromatic heterocycles. The number of aromatic nitrogens is 5. The van der Waals surface area contributed by atoms with Gasteiger partial charge in [0.2, 0.25) is 0 Å². The van der Waals surface area contributed by atoms with Gasteiger partial charge in [-0.2, -0.15) is 5.10 Å². The zero-order valence-electron chi connectivity index (χ0n) is 19.3. The van der Waals surface area contributed by atoms with E-state index in [1.54, 1.807) is 40.2 Å². The number of piperazine rings is 1. The Balaban J connectivity index is 1.31. The third-order valence-electron chi connectivity index (χ3n) is 6.02. The molecule has 0 atom stereocenters. The van der Waals surface area contributed by atoms with Crippen LogP contribution in [-0.2, 0) is 7.05 Å². The quantitative estimate of drug-likeness (QED) is 0.445. The van der Waals surface area contributed by atoms with E-state index in [4.69, 9.17) is 23.5 Å². The van der Waals surface area contributed by atoms with Crippen molar-refractivity contribution in [2.75, 3.05) is 36.4 Å². The first-order valence-corrected chi connectivity index (χ1v) is 11.2. The van der Waals surface area contributed by atoms with E-state index in [0.29, 0.717) is 43.4 Å². The zero-order chi connectivity index (χ0) is 24.6. The molecule has 1 fully saturated rings. The maximum atomic E-state index is 13.0. The van der Waals surface area contributed by atoms with Crippen LogP contribution in [0.1, 0.15) is 10.4 Å². The molecule has 4 aromatic rings. The van der Waals surface area contributed by atoms with E-state index in [2.05, 4.69) is 30.5 Å². The molecule has 0 bridgehead atoms. The van der Waals surface area contributed by atoms with Gasteiger partial charge < -0.3 is 15.1 Å². The Kier molecular flexibility index (Phi) is 6.06. The Morgan fingerprint density at radius 3 is 2.51 bits per heavy atom. The average molecular weight is 458 g/mol. The Hall–Kier alpha value is -3.66. The largest absolute Gasteiger partial charge is 0.354 e. The highest BCUT2D eigenvalue weighted by atomic mass is 16.1. The number of carbonyl (C=O) groups excluding carboxylic acids is 1. The van der Waals surface area contributed by atoms with Crippen molar-refractivity contribution in [2.24, 2.45) is 7.05 Å². The number of hydrogen-bond acceptors (Lipinski definition) is 7. The van der Waals surface area contributed by atoms with Crippen LogP contribution >= 0.6 is 0 Å². The molecule has 35 heavy (non-hydrogen) atoms. The fourth-order valence-corrected chi connectivity index (χ4v) is 4.10. The molecule has 1 aliphatic heterocycles. The van der Waals surface area contributed by atoms with Crippen molar-refractivity contribution in [1.29, 1.82) is 0 Å². The summed E-state index contributed by atoms with van der Waals surface area (Å²) in [6, 6.07) is 11.1. The molecule has 1 aliphatic rings. The number of nitrogens with zero attached hydrogens (tertiary/aromatic N) is 7. The first-order chi connectivity index (χ1) is 16.8. The number of pyridine rings is 1. The summed E-state index contributed by atoms with van der Waals surface area (Å²) in [6.07, 6.45) is 5.36. The van der Waals surface area contributed by atoms with Crippen molar-refractivity contribution >= 4 is 52.0 Å². The third-order valence-corrected chi connectivity index (χ3v) is 6.02. The number of anilines is 2. The second-order valence-corrected chi connectivity index (χ2v) is 8.62. The predicted molar refractivity (Wildman–Crippen MR) is 138 cm³/mol. The first kappa shape index (κ1) is 23.1. The molecule has 0 unspecified atom stereocenters. The van der Waals surface area contributed by atoms with Gasteiger partial charge in [0.05, 0.1) is 35.3 Å². The average Bonchev–Trinajstić information content (AvgIpc) is 3.29. The monoisotopic (exact) mass is 458 g/mol. The maximum absolute atomic E-state index is 13.0. The summed E-state index contributed by atoms with van der Waals surface area (Å²) in [5.74, 6) is 0.761. The molecular weight excluding hydrogens is 437 g/mol. The summed E-state index contributed by atoms with van der Waals surface area (Å²) in [7, 11) is 19.2. The maximum Gasteiger partial charge on any atom is 0.257 e. The van der Waals surface area contributed by atoms with Gasteiger partial charge >= 0.3 is 0 Å². The second-order valence-electron chi connectivity index (χ2n) is 8.62. The van der Waals surface area contributed by atoms with Crippen molar-refractivity contribution < 1.29 is 4.79 Å². The van der Waals surface area contributed by atoms with Crippen LogP contribution in [0.25, 0.3) is 22.0 Å². The molecule has 9 nitrogen and oxygen atoms in total. The molecule has 5 rings (SSSR count). The lowest BCUT2D eigenvalue weighted by Crippen LogP contribution is -2.58. The fraction of sp³-hybridized carbons (Fsp3) is 0.261. The molecule has 6 radical (unpaired) electrons. The smallest absolute Gasteiger partial charge is 0.257 e. The Labute approximate surface area is 207 Å². The van der Waals surface area contributed by atoms with Crippen LogP contribution in [-0.4, -0.2) is 90.7 Å².